The summed E-state index contributed by atoms with van der Waals surface area (Å²) in [5.74, 6) is 5.61. The van der Waals surface area contributed by atoms with E-state index in [-0.39, 0.29) is 6.04 Å². The van der Waals surface area contributed by atoms with Gasteiger partial charge in [0.1, 0.15) is 0 Å². The lowest BCUT2D eigenvalue weighted by Gasteiger charge is -2.16. The highest BCUT2D eigenvalue weighted by atomic mass is 35.5. The summed E-state index contributed by atoms with van der Waals surface area (Å²) < 4.78 is 0. The van der Waals surface area contributed by atoms with Gasteiger partial charge < -0.3 is 0 Å². The van der Waals surface area contributed by atoms with E-state index in [1.807, 2.05) is 12.1 Å². The van der Waals surface area contributed by atoms with Crippen molar-refractivity contribution in [1.29, 1.82) is 0 Å². The lowest BCUT2D eigenvalue weighted by atomic mass is 10.0. The number of nitrogens with one attached hydrogen (secondary N) is 1. The molecule has 1 aromatic rings. The van der Waals surface area contributed by atoms with Crippen molar-refractivity contribution in [2.45, 2.75) is 64.3 Å². The third kappa shape index (κ3) is 6.37. The monoisotopic (exact) mass is 283 g/mol. The number of hydrazine groups is 1. The Morgan fingerprint density at radius 1 is 1.21 bits per heavy atom. The van der Waals surface area contributed by atoms with Crippen LogP contribution >= 0.6 is 11.6 Å². The van der Waals surface area contributed by atoms with Crippen LogP contribution in [0, 0.1) is 0 Å². The number of unbranched alkanes of at least 4 members (excludes halogenated alkanes) is 6. The van der Waals surface area contributed by atoms with E-state index < -0.39 is 0 Å². The van der Waals surface area contributed by atoms with Gasteiger partial charge in [0.25, 0.3) is 0 Å². The average molecular weight is 284 g/mol. The maximum atomic E-state index is 6.14. The molecule has 4 heteroatoms. The fourth-order valence-corrected chi connectivity index (χ4v) is 2.51. The number of rotatable bonds is 10. The summed E-state index contributed by atoms with van der Waals surface area (Å²) in [5, 5.41) is 0.688. The highest BCUT2D eigenvalue weighted by molar-refractivity contribution is 6.31. The van der Waals surface area contributed by atoms with E-state index in [2.05, 4.69) is 17.3 Å². The molecule has 1 unspecified atom stereocenters. The Bertz CT molecular complexity index is 344. The lowest BCUT2D eigenvalue weighted by Crippen LogP contribution is -2.28. The van der Waals surface area contributed by atoms with Crippen LogP contribution in [0.3, 0.4) is 0 Å². The summed E-state index contributed by atoms with van der Waals surface area (Å²) in [6.45, 7) is 2.24. The van der Waals surface area contributed by atoms with E-state index in [9.17, 15) is 0 Å². The molecule has 0 aromatic carbocycles. The molecular formula is C15H26ClN3. The van der Waals surface area contributed by atoms with Gasteiger partial charge in [-0.2, -0.15) is 0 Å². The highest BCUT2D eigenvalue weighted by Gasteiger charge is 2.13. The number of hydrogen-bond donors (Lipinski definition) is 2. The van der Waals surface area contributed by atoms with Crippen LogP contribution in [0.1, 0.15) is 70.0 Å². The van der Waals surface area contributed by atoms with E-state index in [1.54, 1.807) is 6.20 Å². The van der Waals surface area contributed by atoms with Crippen LogP contribution in [0.2, 0.25) is 5.02 Å². The van der Waals surface area contributed by atoms with Crippen molar-refractivity contribution in [3.63, 3.8) is 0 Å². The molecule has 0 saturated carbocycles. The predicted octanol–water partition coefficient (Wildman–Crippen LogP) is 4.38. The quantitative estimate of drug-likeness (QED) is 0.381. The van der Waals surface area contributed by atoms with Crippen LogP contribution in [-0.4, -0.2) is 4.98 Å². The molecule has 0 radical (unpaired) electrons. The summed E-state index contributed by atoms with van der Waals surface area (Å²) in [6.07, 6.45) is 11.8. The molecule has 0 fully saturated rings. The Labute approximate surface area is 121 Å². The van der Waals surface area contributed by atoms with Gasteiger partial charge in [0.15, 0.2) is 0 Å². The van der Waals surface area contributed by atoms with Gasteiger partial charge in [-0.1, -0.05) is 63.5 Å². The summed E-state index contributed by atoms with van der Waals surface area (Å²) in [6, 6.07) is 3.76. The highest BCUT2D eigenvalue weighted by Crippen LogP contribution is 2.24. The number of halogens is 1. The van der Waals surface area contributed by atoms with Crippen molar-refractivity contribution in [3.8, 4) is 0 Å². The number of nitrogens with zero attached hydrogens (tertiary/aromatic N) is 1. The molecule has 1 rings (SSSR count). The first-order valence-electron chi connectivity index (χ1n) is 7.36. The molecule has 0 spiro atoms. The number of pyridine rings is 1. The Morgan fingerprint density at radius 3 is 2.53 bits per heavy atom. The molecule has 1 aromatic heterocycles. The van der Waals surface area contributed by atoms with Gasteiger partial charge in [0.05, 0.1) is 16.8 Å². The first-order valence-corrected chi connectivity index (χ1v) is 7.74. The summed E-state index contributed by atoms with van der Waals surface area (Å²) in [7, 11) is 0. The van der Waals surface area contributed by atoms with Crippen LogP contribution in [0.25, 0.3) is 0 Å². The zero-order chi connectivity index (χ0) is 13.9. The Morgan fingerprint density at radius 2 is 1.89 bits per heavy atom. The van der Waals surface area contributed by atoms with Gasteiger partial charge in [-0.05, 0) is 18.6 Å². The van der Waals surface area contributed by atoms with Gasteiger partial charge in [-0.25, -0.2) is 0 Å². The molecule has 0 aliphatic carbocycles. The Balaban J connectivity index is 2.24. The predicted molar refractivity (Wildman–Crippen MR) is 81.9 cm³/mol. The fourth-order valence-electron chi connectivity index (χ4n) is 2.26. The average Bonchev–Trinajstić information content (AvgIpc) is 2.43. The van der Waals surface area contributed by atoms with Gasteiger partial charge in [0, 0.05) is 6.20 Å². The van der Waals surface area contributed by atoms with Gasteiger partial charge >= 0.3 is 0 Å². The van der Waals surface area contributed by atoms with Crippen LogP contribution in [0.4, 0.5) is 0 Å². The van der Waals surface area contributed by atoms with E-state index in [0.29, 0.717) is 5.02 Å². The van der Waals surface area contributed by atoms with E-state index in [1.165, 1.54) is 38.5 Å². The van der Waals surface area contributed by atoms with Crippen molar-refractivity contribution in [2.75, 3.05) is 0 Å². The van der Waals surface area contributed by atoms with Gasteiger partial charge in [0.2, 0.25) is 0 Å². The molecule has 0 aliphatic heterocycles. The molecule has 0 bridgehead atoms. The maximum Gasteiger partial charge on any atom is 0.0772 e. The van der Waals surface area contributed by atoms with Crippen LogP contribution in [-0.2, 0) is 0 Å². The summed E-state index contributed by atoms with van der Waals surface area (Å²) >= 11 is 6.14. The molecule has 19 heavy (non-hydrogen) atoms. The Kier molecular flexibility index (Phi) is 8.80. The zero-order valence-corrected chi connectivity index (χ0v) is 12.6. The zero-order valence-electron chi connectivity index (χ0n) is 11.9. The summed E-state index contributed by atoms with van der Waals surface area (Å²) in [4.78, 5) is 4.31. The topological polar surface area (TPSA) is 50.9 Å². The van der Waals surface area contributed by atoms with Crippen LogP contribution < -0.4 is 11.3 Å². The van der Waals surface area contributed by atoms with Crippen LogP contribution in [0.15, 0.2) is 18.3 Å². The van der Waals surface area contributed by atoms with Crippen molar-refractivity contribution >= 4 is 11.6 Å². The number of nitrogens with two attached hydrogens (primary N) is 1. The molecule has 0 saturated heterocycles. The molecule has 0 aliphatic rings. The molecule has 108 valence electrons. The smallest absolute Gasteiger partial charge is 0.0772 e. The maximum absolute atomic E-state index is 6.14. The number of hydrogen-bond acceptors (Lipinski definition) is 3. The van der Waals surface area contributed by atoms with Gasteiger partial charge in [-0.15, -0.1) is 0 Å². The minimum absolute atomic E-state index is 0.0596. The first kappa shape index (κ1) is 16.4. The molecule has 3 N–H and O–H groups in total. The van der Waals surface area contributed by atoms with Crippen LogP contribution in [0.5, 0.6) is 0 Å². The van der Waals surface area contributed by atoms with E-state index in [4.69, 9.17) is 17.4 Å². The van der Waals surface area contributed by atoms with Crippen molar-refractivity contribution in [2.24, 2.45) is 5.84 Å². The molecular weight excluding hydrogens is 258 g/mol. The van der Waals surface area contributed by atoms with Gasteiger partial charge in [-0.3, -0.25) is 16.3 Å². The minimum Gasteiger partial charge on any atom is -0.271 e. The molecule has 0 amide bonds. The number of aromatic nitrogens is 1. The van der Waals surface area contributed by atoms with Crippen molar-refractivity contribution in [3.05, 3.63) is 29.0 Å². The normalized spacial score (nSPS) is 12.6. The second-order valence-corrected chi connectivity index (χ2v) is 5.41. The standard InChI is InChI=1S/C15H26ClN3/c1-2-3-4-5-6-7-8-11-14(19-17)15-13(16)10-9-12-18-15/h9-10,12,14,19H,2-8,11,17H2,1H3. The molecule has 1 atom stereocenters. The second kappa shape index (κ2) is 10.2. The van der Waals surface area contributed by atoms with Crippen molar-refractivity contribution < 1.29 is 0 Å². The summed E-state index contributed by atoms with van der Waals surface area (Å²) in [5.41, 5.74) is 3.68. The SMILES string of the molecule is CCCCCCCCCC(NN)c1ncccc1Cl. The third-order valence-electron chi connectivity index (χ3n) is 3.41. The minimum atomic E-state index is 0.0596. The first-order chi connectivity index (χ1) is 9.29. The van der Waals surface area contributed by atoms with E-state index >= 15 is 0 Å². The lowest BCUT2D eigenvalue weighted by molar-refractivity contribution is 0.467. The largest absolute Gasteiger partial charge is 0.271 e. The van der Waals surface area contributed by atoms with Crippen molar-refractivity contribution in [1.82, 2.24) is 10.4 Å². The molecule has 1 heterocycles. The van der Waals surface area contributed by atoms with E-state index in [0.717, 1.165) is 18.5 Å². The molecule has 3 nitrogen and oxygen atoms in total. The second-order valence-electron chi connectivity index (χ2n) is 5.00. The third-order valence-corrected chi connectivity index (χ3v) is 3.73. The Hall–Kier alpha value is -0.640. The fraction of sp³-hybridized carbons (Fsp3) is 0.667.